The van der Waals surface area contributed by atoms with Crippen molar-refractivity contribution in [2.75, 3.05) is 19.6 Å². The van der Waals surface area contributed by atoms with Crippen LogP contribution in [0.15, 0.2) is 40.6 Å². The number of hydrogen-bond donors (Lipinski definition) is 0. The summed E-state index contributed by atoms with van der Waals surface area (Å²) in [7, 11) is -3.42. The smallest absolute Gasteiger partial charge is 0.252 e. The third-order valence-electron chi connectivity index (χ3n) is 5.73. The molecule has 2 saturated heterocycles. The van der Waals surface area contributed by atoms with Gasteiger partial charge in [-0.05, 0) is 55.9 Å². The van der Waals surface area contributed by atoms with Gasteiger partial charge in [-0.2, -0.15) is 4.31 Å². The zero-order valence-corrected chi connectivity index (χ0v) is 18.6. The molecule has 0 N–H and O–H groups in total. The number of halogens is 1. The molecule has 0 bridgehead atoms. The third-order valence-corrected chi connectivity index (χ3v) is 9.55. The average molecular weight is 453 g/mol. The molecule has 0 aliphatic carbocycles. The second kappa shape index (κ2) is 8.76. The maximum absolute atomic E-state index is 13.0. The van der Waals surface area contributed by atoms with Crippen LogP contribution in [-0.2, 0) is 27.7 Å². The Bertz CT molecular complexity index is 983. The summed E-state index contributed by atoms with van der Waals surface area (Å²) >= 11 is 7.52. The molecule has 2 aromatic rings. The molecule has 2 aliphatic heterocycles. The standard InChI is InChI=1S/C21H25ClN2O3S2/c22-19-8-2-1-6-16(19)14-17-7-5-13-24(17)20(25)15-18-9-10-21(28-18)29(26,27)23-11-3-4-12-23/h1-2,6,8-10,17H,3-5,7,11-15H2. The molecule has 1 aromatic heterocycles. The highest BCUT2D eigenvalue weighted by Crippen LogP contribution is 2.29. The summed E-state index contributed by atoms with van der Waals surface area (Å²) in [6.45, 7) is 1.93. The molecule has 29 heavy (non-hydrogen) atoms. The van der Waals surface area contributed by atoms with Crippen LogP contribution in [-0.4, -0.2) is 49.2 Å². The van der Waals surface area contributed by atoms with Crippen molar-refractivity contribution >= 4 is 38.9 Å². The molecule has 1 amide bonds. The van der Waals surface area contributed by atoms with E-state index in [-0.39, 0.29) is 18.4 Å². The van der Waals surface area contributed by atoms with Gasteiger partial charge >= 0.3 is 0 Å². The fraction of sp³-hybridized carbons (Fsp3) is 0.476. The molecule has 0 radical (unpaired) electrons. The fourth-order valence-corrected chi connectivity index (χ4v) is 7.42. The van der Waals surface area contributed by atoms with Crippen molar-refractivity contribution in [1.29, 1.82) is 0 Å². The van der Waals surface area contributed by atoms with E-state index in [1.54, 1.807) is 16.4 Å². The Labute approximate surface area is 181 Å². The molecule has 8 heteroatoms. The van der Waals surface area contributed by atoms with Crippen LogP contribution in [0.1, 0.15) is 36.1 Å². The molecule has 4 rings (SSSR count). The van der Waals surface area contributed by atoms with Gasteiger partial charge in [-0.1, -0.05) is 29.8 Å². The molecule has 2 aliphatic rings. The minimum atomic E-state index is -3.42. The summed E-state index contributed by atoms with van der Waals surface area (Å²) in [5.41, 5.74) is 1.06. The summed E-state index contributed by atoms with van der Waals surface area (Å²) in [4.78, 5) is 15.7. The largest absolute Gasteiger partial charge is 0.339 e. The first-order valence-electron chi connectivity index (χ1n) is 10.1. The fourth-order valence-electron chi connectivity index (χ4n) is 4.19. The number of thiophene rings is 1. The highest BCUT2D eigenvalue weighted by atomic mass is 35.5. The number of hydrogen-bond acceptors (Lipinski definition) is 4. The van der Waals surface area contributed by atoms with Crippen molar-refractivity contribution in [2.24, 2.45) is 0 Å². The van der Waals surface area contributed by atoms with Crippen LogP contribution in [0.4, 0.5) is 0 Å². The van der Waals surface area contributed by atoms with Gasteiger partial charge in [-0.3, -0.25) is 4.79 Å². The Hall–Kier alpha value is -1.41. The van der Waals surface area contributed by atoms with Crippen molar-refractivity contribution in [3.63, 3.8) is 0 Å². The van der Waals surface area contributed by atoms with Crippen molar-refractivity contribution < 1.29 is 13.2 Å². The van der Waals surface area contributed by atoms with E-state index >= 15 is 0 Å². The second-order valence-electron chi connectivity index (χ2n) is 7.69. The number of carbonyl (C=O) groups excluding carboxylic acids is 1. The quantitative estimate of drug-likeness (QED) is 0.666. The molecule has 3 heterocycles. The number of nitrogens with zero attached hydrogens (tertiary/aromatic N) is 2. The number of carbonyl (C=O) groups is 1. The van der Waals surface area contributed by atoms with Crippen molar-refractivity contribution in [3.05, 3.63) is 51.9 Å². The van der Waals surface area contributed by atoms with Crippen LogP contribution in [0.3, 0.4) is 0 Å². The summed E-state index contributed by atoms with van der Waals surface area (Å²) in [5.74, 6) is 0.0616. The monoisotopic (exact) mass is 452 g/mol. The zero-order valence-electron chi connectivity index (χ0n) is 16.2. The van der Waals surface area contributed by atoms with E-state index in [1.165, 1.54) is 11.3 Å². The first-order chi connectivity index (χ1) is 13.9. The van der Waals surface area contributed by atoms with Crippen LogP contribution in [0.25, 0.3) is 0 Å². The minimum Gasteiger partial charge on any atom is -0.339 e. The van der Waals surface area contributed by atoms with Gasteiger partial charge in [0.15, 0.2) is 0 Å². The topological polar surface area (TPSA) is 57.7 Å². The van der Waals surface area contributed by atoms with Crippen LogP contribution >= 0.6 is 22.9 Å². The van der Waals surface area contributed by atoms with Gasteiger partial charge in [0.1, 0.15) is 4.21 Å². The van der Waals surface area contributed by atoms with E-state index in [4.69, 9.17) is 11.6 Å². The van der Waals surface area contributed by atoms with Crippen LogP contribution in [0.5, 0.6) is 0 Å². The molecule has 1 unspecified atom stereocenters. The normalized spacial score (nSPS) is 20.4. The lowest BCUT2D eigenvalue weighted by atomic mass is 10.0. The third kappa shape index (κ3) is 4.53. The predicted octanol–water partition coefficient (Wildman–Crippen LogP) is 3.96. The van der Waals surface area contributed by atoms with E-state index in [0.717, 1.165) is 54.1 Å². The summed E-state index contributed by atoms with van der Waals surface area (Å²) in [5, 5.41) is 0.738. The van der Waals surface area contributed by atoms with E-state index in [9.17, 15) is 13.2 Å². The Kier molecular flexibility index (Phi) is 6.30. The van der Waals surface area contributed by atoms with Gasteiger partial charge in [0.2, 0.25) is 5.91 Å². The van der Waals surface area contributed by atoms with Crippen LogP contribution < -0.4 is 0 Å². The van der Waals surface area contributed by atoms with Gasteiger partial charge in [-0.25, -0.2) is 8.42 Å². The van der Waals surface area contributed by atoms with E-state index in [1.807, 2.05) is 29.2 Å². The lowest BCUT2D eigenvalue weighted by Crippen LogP contribution is -2.37. The van der Waals surface area contributed by atoms with Crippen molar-refractivity contribution in [2.45, 2.75) is 48.8 Å². The molecular formula is C21H25ClN2O3S2. The first kappa shape index (κ1) is 20.8. The lowest BCUT2D eigenvalue weighted by molar-refractivity contribution is -0.131. The number of rotatable bonds is 6. The van der Waals surface area contributed by atoms with Crippen LogP contribution in [0, 0.1) is 0 Å². The molecule has 0 spiro atoms. The first-order valence-corrected chi connectivity index (χ1v) is 12.7. The van der Waals surface area contributed by atoms with Gasteiger partial charge < -0.3 is 4.90 Å². The van der Waals surface area contributed by atoms with Gasteiger partial charge in [0.25, 0.3) is 10.0 Å². The predicted molar refractivity (Wildman–Crippen MR) is 116 cm³/mol. The number of likely N-dealkylation sites (tertiary alicyclic amines) is 1. The van der Waals surface area contributed by atoms with Gasteiger partial charge in [-0.15, -0.1) is 11.3 Å². The van der Waals surface area contributed by atoms with Gasteiger partial charge in [0.05, 0.1) is 6.42 Å². The molecule has 2 fully saturated rings. The summed E-state index contributed by atoms with van der Waals surface area (Å²) < 4.78 is 27.3. The minimum absolute atomic E-state index is 0.0616. The average Bonchev–Trinajstić information content (AvgIpc) is 3.45. The highest BCUT2D eigenvalue weighted by molar-refractivity contribution is 7.91. The second-order valence-corrected chi connectivity index (χ2v) is 11.4. The van der Waals surface area contributed by atoms with E-state index in [0.29, 0.717) is 17.3 Å². The lowest BCUT2D eigenvalue weighted by Gasteiger charge is -2.25. The Morgan fingerprint density at radius 2 is 1.83 bits per heavy atom. The Balaban J connectivity index is 1.42. The maximum Gasteiger partial charge on any atom is 0.252 e. The van der Waals surface area contributed by atoms with E-state index < -0.39 is 10.0 Å². The number of amides is 1. The summed E-state index contributed by atoms with van der Waals surface area (Å²) in [6, 6.07) is 11.3. The van der Waals surface area contributed by atoms with Crippen molar-refractivity contribution in [3.8, 4) is 0 Å². The number of sulfonamides is 1. The highest BCUT2D eigenvalue weighted by Gasteiger charge is 2.31. The molecule has 1 aromatic carbocycles. The van der Waals surface area contributed by atoms with Crippen LogP contribution in [0.2, 0.25) is 5.02 Å². The Morgan fingerprint density at radius 1 is 1.07 bits per heavy atom. The van der Waals surface area contributed by atoms with Crippen molar-refractivity contribution in [1.82, 2.24) is 9.21 Å². The SMILES string of the molecule is O=C(Cc1ccc(S(=O)(=O)N2CCCC2)s1)N1CCCC1Cc1ccccc1Cl. The molecule has 0 saturated carbocycles. The molecule has 156 valence electrons. The number of benzene rings is 1. The molecule has 1 atom stereocenters. The maximum atomic E-state index is 13.0. The molecular weight excluding hydrogens is 428 g/mol. The zero-order chi connectivity index (χ0) is 20.4. The molecule has 5 nitrogen and oxygen atoms in total. The summed E-state index contributed by atoms with van der Waals surface area (Å²) in [6.07, 6.45) is 4.79. The Morgan fingerprint density at radius 3 is 2.59 bits per heavy atom. The van der Waals surface area contributed by atoms with E-state index in [2.05, 4.69) is 0 Å². The van der Waals surface area contributed by atoms with Gasteiger partial charge in [0, 0.05) is 35.6 Å².